The number of ether oxygens (including phenoxy) is 1. The molecule has 1 aliphatic rings. The van der Waals surface area contributed by atoms with Crippen LogP contribution >= 0.6 is 0 Å². The lowest BCUT2D eigenvalue weighted by Gasteiger charge is -2.35. The molecule has 1 aliphatic heterocycles. The van der Waals surface area contributed by atoms with Gasteiger partial charge in [-0.25, -0.2) is 0 Å². The second-order valence-corrected chi connectivity index (χ2v) is 5.95. The highest BCUT2D eigenvalue weighted by Crippen LogP contribution is 2.34. The molecule has 1 fully saturated rings. The van der Waals surface area contributed by atoms with Crippen LogP contribution in [0.15, 0.2) is 0 Å². The minimum absolute atomic E-state index is 0.0412. The van der Waals surface area contributed by atoms with Gasteiger partial charge in [0.2, 0.25) is 0 Å². The summed E-state index contributed by atoms with van der Waals surface area (Å²) in [4.78, 5) is 12.4. The van der Waals surface area contributed by atoms with Crippen LogP contribution in [-0.2, 0) is 9.53 Å². The van der Waals surface area contributed by atoms with E-state index >= 15 is 0 Å². The molecule has 1 rings (SSSR count). The lowest BCUT2D eigenvalue weighted by Crippen LogP contribution is -2.43. The fourth-order valence-electron chi connectivity index (χ4n) is 2.83. The third-order valence-electron chi connectivity index (χ3n) is 4.44. The molecule has 3 heteroatoms. The highest BCUT2D eigenvalue weighted by atomic mass is 16.5. The van der Waals surface area contributed by atoms with Gasteiger partial charge in [-0.1, -0.05) is 33.1 Å². The molecular formula is C16H31NO2. The Morgan fingerprint density at radius 2 is 1.89 bits per heavy atom. The van der Waals surface area contributed by atoms with Crippen LogP contribution in [0.4, 0.5) is 0 Å². The molecule has 0 aliphatic carbocycles. The van der Waals surface area contributed by atoms with E-state index in [0.717, 1.165) is 38.8 Å². The van der Waals surface area contributed by atoms with Gasteiger partial charge in [0.1, 0.15) is 0 Å². The van der Waals surface area contributed by atoms with E-state index in [4.69, 9.17) is 4.74 Å². The number of nitrogens with one attached hydrogen (secondary N) is 1. The zero-order valence-electron chi connectivity index (χ0n) is 13.0. The highest BCUT2D eigenvalue weighted by molar-refractivity contribution is 5.77. The topological polar surface area (TPSA) is 38.3 Å². The third-order valence-corrected chi connectivity index (χ3v) is 4.44. The Balaban J connectivity index is 2.35. The van der Waals surface area contributed by atoms with Crippen molar-refractivity contribution in [3.05, 3.63) is 0 Å². The minimum Gasteiger partial charge on any atom is -0.462 e. The molecule has 0 bridgehead atoms. The predicted molar refractivity (Wildman–Crippen MR) is 79.1 cm³/mol. The first kappa shape index (κ1) is 16.5. The van der Waals surface area contributed by atoms with Crippen molar-refractivity contribution in [2.75, 3.05) is 13.1 Å². The molecule has 0 aromatic heterocycles. The molecule has 19 heavy (non-hydrogen) atoms. The second-order valence-electron chi connectivity index (χ2n) is 5.95. The van der Waals surface area contributed by atoms with Gasteiger partial charge in [0, 0.05) is 0 Å². The smallest absolute Gasteiger partial charge is 0.312 e. The van der Waals surface area contributed by atoms with Crippen molar-refractivity contribution in [2.24, 2.45) is 5.41 Å². The van der Waals surface area contributed by atoms with Crippen molar-refractivity contribution >= 4 is 5.97 Å². The molecule has 1 N–H and O–H groups in total. The fourth-order valence-corrected chi connectivity index (χ4v) is 2.83. The van der Waals surface area contributed by atoms with Gasteiger partial charge in [-0.2, -0.15) is 0 Å². The van der Waals surface area contributed by atoms with Gasteiger partial charge in [0.15, 0.2) is 0 Å². The average Bonchev–Trinajstić information content (AvgIpc) is 2.44. The van der Waals surface area contributed by atoms with Crippen LogP contribution in [0.5, 0.6) is 0 Å². The van der Waals surface area contributed by atoms with E-state index in [2.05, 4.69) is 19.2 Å². The highest BCUT2D eigenvalue weighted by Gasteiger charge is 2.39. The van der Waals surface area contributed by atoms with Crippen molar-refractivity contribution in [3.8, 4) is 0 Å². The van der Waals surface area contributed by atoms with E-state index in [0.29, 0.717) is 0 Å². The summed E-state index contributed by atoms with van der Waals surface area (Å²) in [6, 6.07) is 0. The molecule has 0 saturated carbocycles. The number of piperidine rings is 1. The van der Waals surface area contributed by atoms with Crippen molar-refractivity contribution in [2.45, 2.75) is 78.2 Å². The third kappa shape index (κ3) is 5.13. The molecule has 1 unspecified atom stereocenters. The monoisotopic (exact) mass is 269 g/mol. The first-order valence-electron chi connectivity index (χ1n) is 8.06. The van der Waals surface area contributed by atoms with E-state index in [1.807, 2.05) is 6.92 Å². The minimum atomic E-state index is -0.219. The van der Waals surface area contributed by atoms with E-state index in [1.54, 1.807) is 0 Å². The lowest BCUT2D eigenvalue weighted by molar-refractivity contribution is -0.163. The Morgan fingerprint density at radius 3 is 2.47 bits per heavy atom. The Morgan fingerprint density at radius 1 is 1.21 bits per heavy atom. The van der Waals surface area contributed by atoms with Gasteiger partial charge in [-0.15, -0.1) is 0 Å². The summed E-state index contributed by atoms with van der Waals surface area (Å²) >= 11 is 0. The van der Waals surface area contributed by atoms with Gasteiger partial charge in [0.05, 0.1) is 11.5 Å². The van der Waals surface area contributed by atoms with E-state index in [-0.39, 0.29) is 17.5 Å². The van der Waals surface area contributed by atoms with E-state index < -0.39 is 0 Å². The van der Waals surface area contributed by atoms with Crippen LogP contribution in [0.2, 0.25) is 0 Å². The average molecular weight is 269 g/mol. The molecular weight excluding hydrogens is 238 g/mol. The fraction of sp³-hybridized carbons (Fsp3) is 0.938. The summed E-state index contributed by atoms with van der Waals surface area (Å²) in [5.41, 5.74) is -0.219. The SMILES string of the molecule is CCCCCCC(C)OC(=O)C1(CC)CCNCC1. The Kier molecular flexibility index (Phi) is 7.44. The molecule has 0 radical (unpaired) electrons. The largest absolute Gasteiger partial charge is 0.462 e. The van der Waals surface area contributed by atoms with Gasteiger partial charge in [-0.3, -0.25) is 4.79 Å². The van der Waals surface area contributed by atoms with Gasteiger partial charge < -0.3 is 10.1 Å². The zero-order chi connectivity index (χ0) is 14.1. The summed E-state index contributed by atoms with van der Waals surface area (Å²) < 4.78 is 5.70. The maximum Gasteiger partial charge on any atom is 0.312 e. The summed E-state index contributed by atoms with van der Waals surface area (Å²) in [6.45, 7) is 8.24. The number of unbranched alkanes of at least 4 members (excludes halogenated alkanes) is 3. The summed E-state index contributed by atoms with van der Waals surface area (Å²) in [6.07, 6.45) is 8.77. The van der Waals surface area contributed by atoms with Gasteiger partial charge in [-0.05, 0) is 52.1 Å². The maximum atomic E-state index is 12.4. The Hall–Kier alpha value is -0.570. The normalized spacial score (nSPS) is 19.9. The maximum absolute atomic E-state index is 12.4. The van der Waals surface area contributed by atoms with Crippen LogP contribution in [0.25, 0.3) is 0 Å². The van der Waals surface area contributed by atoms with Crippen molar-refractivity contribution in [3.63, 3.8) is 0 Å². The van der Waals surface area contributed by atoms with Crippen LogP contribution < -0.4 is 5.32 Å². The molecule has 1 heterocycles. The summed E-state index contributed by atoms with van der Waals surface area (Å²) in [5, 5.41) is 3.32. The number of rotatable bonds is 8. The molecule has 3 nitrogen and oxygen atoms in total. The summed E-state index contributed by atoms with van der Waals surface area (Å²) in [5.74, 6) is 0.0412. The van der Waals surface area contributed by atoms with Crippen LogP contribution in [0.1, 0.15) is 72.1 Å². The molecule has 0 aromatic carbocycles. The van der Waals surface area contributed by atoms with Crippen molar-refractivity contribution in [1.29, 1.82) is 0 Å². The Labute approximate surface area is 118 Å². The van der Waals surface area contributed by atoms with E-state index in [1.165, 1.54) is 25.7 Å². The first-order valence-corrected chi connectivity index (χ1v) is 8.06. The molecule has 0 amide bonds. The number of carbonyl (C=O) groups is 1. The molecule has 1 atom stereocenters. The van der Waals surface area contributed by atoms with Crippen LogP contribution in [0.3, 0.4) is 0 Å². The van der Waals surface area contributed by atoms with Crippen LogP contribution in [0, 0.1) is 5.41 Å². The quantitative estimate of drug-likeness (QED) is 0.540. The van der Waals surface area contributed by atoms with Gasteiger partial charge >= 0.3 is 5.97 Å². The van der Waals surface area contributed by atoms with Crippen molar-refractivity contribution in [1.82, 2.24) is 5.32 Å². The van der Waals surface area contributed by atoms with Crippen LogP contribution in [-0.4, -0.2) is 25.2 Å². The molecule has 0 spiro atoms. The first-order chi connectivity index (χ1) is 9.14. The zero-order valence-corrected chi connectivity index (χ0v) is 13.0. The number of hydrogen-bond acceptors (Lipinski definition) is 3. The van der Waals surface area contributed by atoms with E-state index in [9.17, 15) is 4.79 Å². The second kappa shape index (κ2) is 8.57. The number of esters is 1. The predicted octanol–water partition coefficient (Wildman–Crippen LogP) is 3.67. The lowest BCUT2D eigenvalue weighted by atomic mass is 9.77. The standard InChI is InChI=1S/C16H31NO2/c1-4-6-7-8-9-14(3)19-15(18)16(5-2)10-12-17-13-11-16/h14,17H,4-13H2,1-3H3. The number of carbonyl (C=O) groups excluding carboxylic acids is 1. The summed E-state index contributed by atoms with van der Waals surface area (Å²) in [7, 11) is 0. The molecule has 1 saturated heterocycles. The number of hydrogen-bond donors (Lipinski definition) is 1. The molecule has 0 aromatic rings. The molecule has 112 valence electrons. The van der Waals surface area contributed by atoms with Gasteiger partial charge in [0.25, 0.3) is 0 Å². The Bertz CT molecular complexity index is 259. The van der Waals surface area contributed by atoms with Crippen molar-refractivity contribution < 1.29 is 9.53 Å².